The summed E-state index contributed by atoms with van der Waals surface area (Å²) in [4.78, 5) is 13.5. The summed E-state index contributed by atoms with van der Waals surface area (Å²) in [6.45, 7) is 6.04. The van der Waals surface area contributed by atoms with Crippen LogP contribution < -0.4 is 9.62 Å². The van der Waals surface area contributed by atoms with Gasteiger partial charge in [0.05, 0.1) is 4.90 Å². The van der Waals surface area contributed by atoms with Gasteiger partial charge in [-0.15, -0.1) is 0 Å². The SMILES string of the molecule is CCc1ccc(C(C)NS(=O)(=O)c2ccc3c(c2)CCN3C(C)=O)cc1. The number of hydrogen-bond donors (Lipinski definition) is 1. The van der Waals surface area contributed by atoms with Crippen molar-refractivity contribution < 1.29 is 13.2 Å². The van der Waals surface area contributed by atoms with Gasteiger partial charge in [0.15, 0.2) is 0 Å². The van der Waals surface area contributed by atoms with E-state index in [-0.39, 0.29) is 16.8 Å². The monoisotopic (exact) mass is 372 g/mol. The predicted octanol–water partition coefficient (Wildman–Crippen LogP) is 3.20. The third-order valence-electron chi connectivity index (χ3n) is 4.86. The van der Waals surface area contributed by atoms with Crippen LogP contribution in [0.25, 0.3) is 0 Å². The third-order valence-corrected chi connectivity index (χ3v) is 6.40. The average molecular weight is 372 g/mol. The van der Waals surface area contributed by atoms with Gasteiger partial charge in [0.2, 0.25) is 15.9 Å². The van der Waals surface area contributed by atoms with E-state index in [9.17, 15) is 13.2 Å². The van der Waals surface area contributed by atoms with E-state index in [1.807, 2.05) is 31.2 Å². The standard InChI is InChI=1S/C20H24N2O3S/c1-4-16-5-7-17(8-6-16)14(2)21-26(24,25)19-9-10-20-18(13-19)11-12-22(20)15(3)23/h5-10,13-14,21H,4,11-12H2,1-3H3. The molecule has 1 N–H and O–H groups in total. The summed E-state index contributed by atoms with van der Waals surface area (Å²) in [5, 5.41) is 0. The van der Waals surface area contributed by atoms with E-state index in [1.165, 1.54) is 12.5 Å². The second kappa shape index (κ2) is 7.21. The fraction of sp³-hybridized carbons (Fsp3) is 0.350. The second-order valence-electron chi connectivity index (χ2n) is 6.65. The Balaban J connectivity index is 1.81. The number of rotatable bonds is 5. The highest BCUT2D eigenvalue weighted by molar-refractivity contribution is 7.89. The lowest BCUT2D eigenvalue weighted by Crippen LogP contribution is -2.27. The number of fused-ring (bicyclic) bond motifs is 1. The van der Waals surface area contributed by atoms with E-state index in [2.05, 4.69) is 11.6 Å². The predicted molar refractivity (Wildman–Crippen MR) is 103 cm³/mol. The fourth-order valence-corrected chi connectivity index (χ4v) is 4.57. The molecule has 1 atom stereocenters. The summed E-state index contributed by atoms with van der Waals surface area (Å²) in [5.41, 5.74) is 3.84. The van der Waals surface area contributed by atoms with Crippen LogP contribution in [-0.4, -0.2) is 20.9 Å². The van der Waals surface area contributed by atoms with E-state index in [0.29, 0.717) is 13.0 Å². The number of amides is 1. The normalized spacial score (nSPS) is 15.0. The Hall–Kier alpha value is -2.18. The molecule has 6 heteroatoms. The van der Waals surface area contributed by atoms with E-state index < -0.39 is 10.0 Å². The van der Waals surface area contributed by atoms with Crippen molar-refractivity contribution in [2.45, 2.75) is 44.6 Å². The van der Waals surface area contributed by atoms with Crippen LogP contribution >= 0.6 is 0 Å². The lowest BCUT2D eigenvalue weighted by atomic mass is 10.1. The Morgan fingerprint density at radius 2 is 1.88 bits per heavy atom. The molecule has 1 aliphatic heterocycles. The van der Waals surface area contributed by atoms with Crippen LogP contribution in [0.2, 0.25) is 0 Å². The highest BCUT2D eigenvalue weighted by Crippen LogP contribution is 2.30. The summed E-state index contributed by atoms with van der Waals surface area (Å²) < 4.78 is 28.3. The smallest absolute Gasteiger partial charge is 0.241 e. The van der Waals surface area contributed by atoms with Crippen LogP contribution in [0, 0.1) is 0 Å². The molecule has 0 radical (unpaired) electrons. The van der Waals surface area contributed by atoms with Gasteiger partial charge in [0, 0.05) is 25.2 Å². The number of aryl methyl sites for hydroxylation is 1. The molecular formula is C20H24N2O3S. The molecule has 26 heavy (non-hydrogen) atoms. The summed E-state index contributed by atoms with van der Waals surface area (Å²) in [6.07, 6.45) is 1.62. The van der Waals surface area contributed by atoms with Crippen LogP contribution in [0.4, 0.5) is 5.69 Å². The average Bonchev–Trinajstić information content (AvgIpc) is 3.05. The first kappa shape index (κ1) is 18.6. The molecule has 0 aromatic heterocycles. The van der Waals surface area contributed by atoms with Crippen molar-refractivity contribution >= 4 is 21.6 Å². The number of nitrogens with one attached hydrogen (secondary N) is 1. The minimum atomic E-state index is -3.64. The van der Waals surface area contributed by atoms with Crippen molar-refractivity contribution in [2.24, 2.45) is 0 Å². The molecule has 3 rings (SSSR count). The Morgan fingerprint density at radius 3 is 2.50 bits per heavy atom. The molecule has 1 unspecified atom stereocenters. The molecule has 1 aliphatic rings. The van der Waals surface area contributed by atoms with Crippen molar-refractivity contribution in [3.05, 3.63) is 59.2 Å². The number of benzene rings is 2. The number of sulfonamides is 1. The fourth-order valence-electron chi connectivity index (χ4n) is 3.28. The largest absolute Gasteiger partial charge is 0.312 e. The molecule has 0 saturated heterocycles. The first-order chi connectivity index (χ1) is 12.3. The summed E-state index contributed by atoms with van der Waals surface area (Å²) in [6, 6.07) is 12.6. The maximum Gasteiger partial charge on any atom is 0.241 e. The zero-order chi connectivity index (χ0) is 18.9. The van der Waals surface area contributed by atoms with Crippen LogP contribution in [0.5, 0.6) is 0 Å². The number of carbonyl (C=O) groups is 1. The first-order valence-corrected chi connectivity index (χ1v) is 10.3. The molecular weight excluding hydrogens is 348 g/mol. The van der Waals surface area contributed by atoms with E-state index in [1.54, 1.807) is 23.1 Å². The number of hydrogen-bond acceptors (Lipinski definition) is 3. The van der Waals surface area contributed by atoms with Gasteiger partial charge in [0.1, 0.15) is 0 Å². The van der Waals surface area contributed by atoms with Crippen molar-refractivity contribution in [1.82, 2.24) is 4.72 Å². The quantitative estimate of drug-likeness (QED) is 0.876. The Labute approximate surface area is 155 Å². The molecule has 5 nitrogen and oxygen atoms in total. The molecule has 138 valence electrons. The zero-order valence-electron chi connectivity index (χ0n) is 15.3. The van der Waals surface area contributed by atoms with Gasteiger partial charge < -0.3 is 4.90 Å². The van der Waals surface area contributed by atoms with Gasteiger partial charge in [-0.3, -0.25) is 4.79 Å². The molecule has 0 fully saturated rings. The lowest BCUT2D eigenvalue weighted by Gasteiger charge is -2.17. The van der Waals surface area contributed by atoms with E-state index >= 15 is 0 Å². The highest BCUT2D eigenvalue weighted by atomic mass is 32.2. The molecule has 0 aliphatic carbocycles. The van der Waals surface area contributed by atoms with Crippen molar-refractivity contribution in [1.29, 1.82) is 0 Å². The summed E-state index contributed by atoms with van der Waals surface area (Å²) in [7, 11) is -3.64. The minimum Gasteiger partial charge on any atom is -0.312 e. The topological polar surface area (TPSA) is 66.5 Å². The molecule has 1 heterocycles. The molecule has 0 saturated carbocycles. The summed E-state index contributed by atoms with van der Waals surface area (Å²) in [5.74, 6) is -0.0263. The van der Waals surface area contributed by atoms with Gasteiger partial charge in [-0.05, 0) is 54.7 Å². The molecule has 2 aromatic carbocycles. The van der Waals surface area contributed by atoms with Crippen LogP contribution in [0.15, 0.2) is 47.4 Å². The Kier molecular flexibility index (Phi) is 5.16. The molecule has 0 bridgehead atoms. The van der Waals surface area contributed by atoms with Gasteiger partial charge >= 0.3 is 0 Å². The van der Waals surface area contributed by atoms with Gasteiger partial charge in [0.25, 0.3) is 0 Å². The van der Waals surface area contributed by atoms with E-state index in [0.717, 1.165) is 23.2 Å². The number of nitrogens with zero attached hydrogens (tertiary/aromatic N) is 1. The second-order valence-corrected chi connectivity index (χ2v) is 8.36. The third kappa shape index (κ3) is 3.66. The van der Waals surface area contributed by atoms with Gasteiger partial charge in [-0.1, -0.05) is 31.2 Å². The van der Waals surface area contributed by atoms with Crippen molar-refractivity contribution in [2.75, 3.05) is 11.4 Å². The van der Waals surface area contributed by atoms with Crippen LogP contribution in [-0.2, 0) is 27.7 Å². The molecule has 1 amide bonds. The highest BCUT2D eigenvalue weighted by Gasteiger charge is 2.25. The van der Waals surface area contributed by atoms with E-state index in [4.69, 9.17) is 0 Å². The van der Waals surface area contributed by atoms with Crippen molar-refractivity contribution in [3.63, 3.8) is 0 Å². The number of anilines is 1. The Bertz CT molecular complexity index is 921. The van der Waals surface area contributed by atoms with Gasteiger partial charge in [-0.25, -0.2) is 13.1 Å². The zero-order valence-corrected chi connectivity index (χ0v) is 16.1. The maximum absolute atomic E-state index is 12.8. The first-order valence-electron chi connectivity index (χ1n) is 8.84. The minimum absolute atomic E-state index is 0.0263. The van der Waals surface area contributed by atoms with Crippen molar-refractivity contribution in [3.8, 4) is 0 Å². The Morgan fingerprint density at radius 1 is 1.19 bits per heavy atom. The van der Waals surface area contributed by atoms with Crippen LogP contribution in [0.3, 0.4) is 0 Å². The van der Waals surface area contributed by atoms with Gasteiger partial charge in [-0.2, -0.15) is 0 Å². The number of carbonyl (C=O) groups excluding carboxylic acids is 1. The lowest BCUT2D eigenvalue weighted by molar-refractivity contribution is -0.116. The summed E-state index contributed by atoms with van der Waals surface area (Å²) >= 11 is 0. The molecule has 0 spiro atoms. The van der Waals surface area contributed by atoms with Crippen LogP contribution in [0.1, 0.15) is 43.5 Å². The molecule has 2 aromatic rings. The maximum atomic E-state index is 12.8.